The van der Waals surface area contributed by atoms with Gasteiger partial charge in [0, 0.05) is 34.7 Å². The van der Waals surface area contributed by atoms with E-state index in [0.717, 1.165) is 30.5 Å². The van der Waals surface area contributed by atoms with Crippen LogP contribution < -0.4 is 5.73 Å². The summed E-state index contributed by atoms with van der Waals surface area (Å²) in [6.45, 7) is 37.3. The fourth-order valence-electron chi connectivity index (χ4n) is 7.43. The van der Waals surface area contributed by atoms with E-state index in [0.29, 0.717) is 27.9 Å². The fourth-order valence-corrected chi connectivity index (χ4v) is 7.43. The standard InChI is InChI=1S/C14H25N.C12H23N.C5H13N.C4H10/c1-12(2,3)14-9-7-11(8-10-14)15(14)13(4,5)6;1-9(2)12-7-5-11(6-8-12)13(12)10(3)4;1-5(2,3)4-6;1-4(2)3/h7,9,11H,8,10H2,1-6H3;9-11H,5-8H2,1-4H3;4,6H2,1-3H3;4H,1-3H3. The van der Waals surface area contributed by atoms with E-state index in [1.165, 1.54) is 38.5 Å². The highest BCUT2D eigenvalue weighted by molar-refractivity contribution is 5.29. The average molecular weight is 534 g/mol. The van der Waals surface area contributed by atoms with E-state index >= 15 is 0 Å². The molecule has 2 N–H and O–H groups in total. The SMILES string of the molecule is CC(C)(C)CN.CC(C)(C)N1C2C=CC1(C(C)(C)C)CC2.CC(C)C.CC(C)N1C2CCC1(C(C)C)CC2. The summed E-state index contributed by atoms with van der Waals surface area (Å²) in [5.74, 6) is 1.67. The molecule has 0 aromatic carbocycles. The predicted molar refractivity (Wildman–Crippen MR) is 172 cm³/mol. The Morgan fingerprint density at radius 2 is 1.24 bits per heavy atom. The molecule has 0 spiro atoms. The van der Waals surface area contributed by atoms with Crippen molar-refractivity contribution in [1.82, 2.24) is 9.80 Å². The highest BCUT2D eigenvalue weighted by atomic mass is 15.3. The van der Waals surface area contributed by atoms with Crippen molar-refractivity contribution in [2.45, 2.75) is 184 Å². The van der Waals surface area contributed by atoms with Gasteiger partial charge in [-0.05, 0) is 102 Å². The van der Waals surface area contributed by atoms with Crippen LogP contribution in [0.1, 0.15) is 149 Å². The molecule has 4 rings (SSSR count). The molecule has 2 atom stereocenters. The molecule has 38 heavy (non-hydrogen) atoms. The summed E-state index contributed by atoms with van der Waals surface area (Å²) in [6, 6.07) is 2.35. The molecule has 0 radical (unpaired) electrons. The molecule has 3 saturated heterocycles. The molecule has 226 valence electrons. The summed E-state index contributed by atoms with van der Waals surface area (Å²) >= 11 is 0. The monoisotopic (exact) mass is 534 g/mol. The molecule has 0 amide bonds. The zero-order chi connectivity index (χ0) is 29.9. The van der Waals surface area contributed by atoms with Crippen LogP contribution >= 0.6 is 0 Å². The summed E-state index contributed by atoms with van der Waals surface area (Å²) in [4.78, 5) is 5.55. The first kappa shape index (κ1) is 35.6. The van der Waals surface area contributed by atoms with E-state index in [1.54, 1.807) is 0 Å². The molecule has 4 heterocycles. The molecule has 3 fully saturated rings. The Hall–Kier alpha value is -0.380. The summed E-state index contributed by atoms with van der Waals surface area (Å²) in [5.41, 5.74) is 7.12. The van der Waals surface area contributed by atoms with Crippen molar-refractivity contribution in [3.05, 3.63) is 12.2 Å². The molecule has 0 aromatic rings. The lowest BCUT2D eigenvalue weighted by atomic mass is 9.70. The zero-order valence-electron chi connectivity index (χ0n) is 29.0. The summed E-state index contributed by atoms with van der Waals surface area (Å²) < 4.78 is 0. The van der Waals surface area contributed by atoms with E-state index in [-0.39, 0.29) is 5.54 Å². The first-order chi connectivity index (χ1) is 17.1. The number of hydrogen-bond acceptors (Lipinski definition) is 3. The van der Waals surface area contributed by atoms with Crippen LogP contribution in [0.2, 0.25) is 0 Å². The van der Waals surface area contributed by atoms with Crippen molar-refractivity contribution in [3.8, 4) is 0 Å². The quantitative estimate of drug-likeness (QED) is 0.359. The second-order valence-corrected chi connectivity index (χ2v) is 17.2. The minimum Gasteiger partial charge on any atom is -0.330 e. The lowest BCUT2D eigenvalue weighted by Gasteiger charge is -2.50. The van der Waals surface area contributed by atoms with Crippen molar-refractivity contribution < 1.29 is 0 Å². The predicted octanol–water partition coefficient (Wildman–Crippen LogP) is 9.31. The maximum atomic E-state index is 5.31. The molecule has 0 aliphatic carbocycles. The fraction of sp³-hybridized carbons (Fsp3) is 0.943. The molecule has 0 aromatic heterocycles. The van der Waals surface area contributed by atoms with Crippen LogP contribution in [0.15, 0.2) is 12.2 Å². The third-order valence-corrected chi connectivity index (χ3v) is 9.17. The van der Waals surface area contributed by atoms with Gasteiger partial charge in [-0.15, -0.1) is 0 Å². The van der Waals surface area contributed by atoms with Crippen molar-refractivity contribution in [2.75, 3.05) is 6.54 Å². The largest absolute Gasteiger partial charge is 0.330 e. The third-order valence-electron chi connectivity index (χ3n) is 9.17. The number of nitrogens with two attached hydrogens (primary N) is 1. The zero-order valence-corrected chi connectivity index (χ0v) is 29.0. The van der Waals surface area contributed by atoms with Crippen LogP contribution in [-0.4, -0.2) is 51.1 Å². The molecular weight excluding hydrogens is 462 g/mol. The van der Waals surface area contributed by atoms with Gasteiger partial charge in [-0.25, -0.2) is 0 Å². The average Bonchev–Trinajstić information content (AvgIpc) is 3.50. The van der Waals surface area contributed by atoms with Gasteiger partial charge in [0.05, 0.1) is 0 Å². The summed E-state index contributed by atoms with van der Waals surface area (Å²) in [5, 5.41) is 0. The third kappa shape index (κ3) is 8.32. The maximum Gasteiger partial charge on any atom is 0.0451 e. The van der Waals surface area contributed by atoms with Crippen LogP contribution in [0.25, 0.3) is 0 Å². The highest BCUT2D eigenvalue weighted by Crippen LogP contribution is 2.54. The minimum absolute atomic E-state index is 0.276. The van der Waals surface area contributed by atoms with Crippen molar-refractivity contribution in [2.24, 2.45) is 28.4 Å². The van der Waals surface area contributed by atoms with E-state index < -0.39 is 0 Å². The number of fused-ring (bicyclic) bond motifs is 4. The van der Waals surface area contributed by atoms with Gasteiger partial charge in [0.2, 0.25) is 0 Å². The Bertz CT molecular complexity index is 717. The van der Waals surface area contributed by atoms with Gasteiger partial charge in [0.1, 0.15) is 0 Å². The van der Waals surface area contributed by atoms with E-state index in [9.17, 15) is 0 Å². The van der Waals surface area contributed by atoms with Gasteiger partial charge in [-0.1, -0.05) is 88.3 Å². The van der Waals surface area contributed by atoms with Gasteiger partial charge in [-0.3, -0.25) is 9.80 Å². The number of nitrogens with zero attached hydrogens (tertiary/aromatic N) is 2. The molecular formula is C35H71N3. The topological polar surface area (TPSA) is 32.5 Å². The molecule has 4 aliphatic rings. The van der Waals surface area contributed by atoms with E-state index in [1.807, 2.05) is 0 Å². The van der Waals surface area contributed by atoms with Crippen LogP contribution in [-0.2, 0) is 0 Å². The molecule has 3 nitrogen and oxygen atoms in total. The Balaban J connectivity index is 0.000000285. The Labute approximate surface area is 240 Å². The van der Waals surface area contributed by atoms with Gasteiger partial charge >= 0.3 is 0 Å². The molecule has 0 saturated carbocycles. The maximum absolute atomic E-state index is 5.31. The normalized spacial score (nSPS) is 30.8. The van der Waals surface area contributed by atoms with Crippen molar-refractivity contribution >= 4 is 0 Å². The van der Waals surface area contributed by atoms with E-state index in [2.05, 4.69) is 133 Å². The Kier molecular flexibility index (Phi) is 12.3. The van der Waals surface area contributed by atoms with Crippen molar-refractivity contribution in [3.63, 3.8) is 0 Å². The molecule has 4 bridgehead atoms. The summed E-state index contributed by atoms with van der Waals surface area (Å²) in [6.07, 6.45) is 13.4. The minimum atomic E-state index is 0.276. The highest BCUT2D eigenvalue weighted by Gasteiger charge is 2.57. The van der Waals surface area contributed by atoms with Crippen LogP contribution in [0.4, 0.5) is 0 Å². The molecule has 4 aliphatic heterocycles. The first-order valence-corrected chi connectivity index (χ1v) is 16.0. The molecule has 3 heteroatoms. The van der Waals surface area contributed by atoms with E-state index in [4.69, 9.17) is 5.73 Å². The molecule has 2 unspecified atom stereocenters. The van der Waals surface area contributed by atoms with Crippen LogP contribution in [0.5, 0.6) is 0 Å². The van der Waals surface area contributed by atoms with Gasteiger partial charge in [-0.2, -0.15) is 0 Å². The number of rotatable bonds is 2. The lowest BCUT2D eigenvalue weighted by Crippen LogP contribution is -2.58. The number of hydrogen-bond donors (Lipinski definition) is 1. The Morgan fingerprint density at radius 3 is 1.45 bits per heavy atom. The first-order valence-electron chi connectivity index (χ1n) is 16.0. The Morgan fingerprint density at radius 1 is 0.789 bits per heavy atom. The second kappa shape index (κ2) is 13.1. The second-order valence-electron chi connectivity index (χ2n) is 17.2. The van der Waals surface area contributed by atoms with Crippen LogP contribution in [0, 0.1) is 22.7 Å². The van der Waals surface area contributed by atoms with Crippen molar-refractivity contribution in [1.29, 1.82) is 0 Å². The van der Waals surface area contributed by atoms with Gasteiger partial charge < -0.3 is 5.73 Å². The lowest BCUT2D eigenvalue weighted by molar-refractivity contribution is -0.000357. The van der Waals surface area contributed by atoms with Crippen LogP contribution in [0.3, 0.4) is 0 Å². The van der Waals surface area contributed by atoms with Gasteiger partial charge in [0.25, 0.3) is 0 Å². The smallest absolute Gasteiger partial charge is 0.0451 e. The summed E-state index contributed by atoms with van der Waals surface area (Å²) in [7, 11) is 0. The van der Waals surface area contributed by atoms with Gasteiger partial charge in [0.15, 0.2) is 0 Å².